The summed E-state index contributed by atoms with van der Waals surface area (Å²) in [6, 6.07) is 12.5. The number of benzene rings is 1. The number of amides is 5. The van der Waals surface area contributed by atoms with Crippen molar-refractivity contribution in [3.8, 4) is 0 Å². The molecule has 13 heteroatoms. The number of piperazine rings is 1. The molecule has 2 saturated heterocycles. The van der Waals surface area contributed by atoms with Gasteiger partial charge in [-0.05, 0) is 50.8 Å². The number of alkyl halides is 3. The average Bonchev–Trinajstić information content (AvgIpc) is 3.12. The van der Waals surface area contributed by atoms with Crippen molar-refractivity contribution < 1.29 is 32.3 Å². The lowest BCUT2D eigenvalue weighted by molar-refractivity contribution is -0.157. The van der Waals surface area contributed by atoms with Gasteiger partial charge in [-0.1, -0.05) is 36.4 Å². The fourth-order valence-corrected chi connectivity index (χ4v) is 5.37. The van der Waals surface area contributed by atoms with E-state index in [-0.39, 0.29) is 37.4 Å². The van der Waals surface area contributed by atoms with Gasteiger partial charge in [-0.3, -0.25) is 24.3 Å². The van der Waals surface area contributed by atoms with Crippen molar-refractivity contribution in [1.29, 1.82) is 0 Å². The monoisotopic (exact) mass is 588 g/mol. The van der Waals surface area contributed by atoms with Gasteiger partial charge in [0.15, 0.2) is 0 Å². The molecular formula is C29H35F3N6O4. The molecule has 1 aromatic heterocycles. The van der Waals surface area contributed by atoms with Crippen LogP contribution in [0, 0.1) is 0 Å². The summed E-state index contributed by atoms with van der Waals surface area (Å²) in [6.45, 7) is 0.740. The number of imide groups is 1. The maximum absolute atomic E-state index is 13.9. The van der Waals surface area contributed by atoms with Gasteiger partial charge in [0, 0.05) is 31.4 Å². The molecule has 5 amide bonds. The summed E-state index contributed by atoms with van der Waals surface area (Å²) >= 11 is 0. The van der Waals surface area contributed by atoms with E-state index in [2.05, 4.69) is 10.3 Å². The largest absolute Gasteiger partial charge is 0.406 e. The van der Waals surface area contributed by atoms with Crippen molar-refractivity contribution >= 4 is 23.8 Å². The van der Waals surface area contributed by atoms with Crippen LogP contribution >= 0.6 is 0 Å². The molecule has 2 atom stereocenters. The number of hydrogen-bond donors (Lipinski definition) is 2. The first-order valence-electron chi connectivity index (χ1n) is 13.7. The van der Waals surface area contributed by atoms with Crippen LogP contribution in [0.15, 0.2) is 54.7 Å². The highest BCUT2D eigenvalue weighted by atomic mass is 19.4. The number of nitrogens with zero attached hydrogens (tertiary/aromatic N) is 4. The number of nitrogens with one attached hydrogen (secondary N) is 1. The third-order valence-electron chi connectivity index (χ3n) is 7.51. The number of pyridine rings is 1. The van der Waals surface area contributed by atoms with Gasteiger partial charge in [-0.15, -0.1) is 0 Å². The molecule has 3 N–H and O–H groups in total. The number of nitrogens with two attached hydrogens (primary N) is 1. The Morgan fingerprint density at radius 3 is 2.38 bits per heavy atom. The van der Waals surface area contributed by atoms with Crippen molar-refractivity contribution in [3.63, 3.8) is 0 Å². The summed E-state index contributed by atoms with van der Waals surface area (Å²) in [5.74, 6) is -2.10. The molecule has 2 aliphatic rings. The zero-order valence-corrected chi connectivity index (χ0v) is 23.6. The van der Waals surface area contributed by atoms with Gasteiger partial charge in [-0.25, -0.2) is 4.79 Å². The molecule has 226 valence electrons. The van der Waals surface area contributed by atoms with Gasteiger partial charge in [-0.2, -0.15) is 13.2 Å². The Hall–Kier alpha value is -4.00. The van der Waals surface area contributed by atoms with E-state index in [1.54, 1.807) is 18.2 Å². The van der Waals surface area contributed by atoms with Crippen molar-refractivity contribution in [2.75, 3.05) is 26.2 Å². The van der Waals surface area contributed by atoms with Crippen LogP contribution in [0.25, 0.3) is 0 Å². The Morgan fingerprint density at radius 2 is 1.76 bits per heavy atom. The second kappa shape index (κ2) is 12.1. The molecule has 2 aromatic rings. The molecule has 1 unspecified atom stereocenters. The molecule has 0 aliphatic carbocycles. The number of rotatable bonds is 10. The maximum atomic E-state index is 13.9. The number of hydrogen-bond acceptors (Lipinski definition) is 6. The van der Waals surface area contributed by atoms with Gasteiger partial charge in [0.05, 0.1) is 12.1 Å². The Morgan fingerprint density at radius 1 is 1.07 bits per heavy atom. The quantitative estimate of drug-likeness (QED) is 0.410. The number of fused-ring (bicyclic) bond motifs is 1. The fraction of sp³-hybridized carbons (Fsp3) is 0.483. The molecule has 1 aromatic carbocycles. The van der Waals surface area contributed by atoms with E-state index in [4.69, 9.17) is 5.73 Å². The lowest BCUT2D eigenvalue weighted by atomic mass is 9.88. The van der Waals surface area contributed by atoms with Gasteiger partial charge in [0.2, 0.25) is 11.8 Å². The first kappa shape index (κ1) is 30.9. The third kappa shape index (κ3) is 6.89. The lowest BCUT2D eigenvalue weighted by Gasteiger charge is -2.45. The van der Waals surface area contributed by atoms with Gasteiger partial charge < -0.3 is 20.9 Å². The first-order chi connectivity index (χ1) is 19.7. The summed E-state index contributed by atoms with van der Waals surface area (Å²) in [5, 5.41) is 2.73. The highest BCUT2D eigenvalue weighted by molar-refractivity contribution is 6.08. The second-order valence-corrected chi connectivity index (χ2v) is 11.4. The molecule has 2 aliphatic heterocycles. The number of urea groups is 1. The minimum absolute atomic E-state index is 0.0290. The summed E-state index contributed by atoms with van der Waals surface area (Å²) in [6.07, 6.45) is -2.06. The van der Waals surface area contributed by atoms with Crippen LogP contribution in [-0.2, 0) is 27.2 Å². The Balaban J connectivity index is 1.61. The highest BCUT2D eigenvalue weighted by Crippen LogP contribution is 2.36. The van der Waals surface area contributed by atoms with Crippen LogP contribution in [-0.4, -0.2) is 92.9 Å². The molecule has 2 fully saturated rings. The number of halogens is 3. The van der Waals surface area contributed by atoms with Crippen molar-refractivity contribution in [2.24, 2.45) is 5.73 Å². The number of aromatic nitrogens is 1. The third-order valence-corrected chi connectivity index (χ3v) is 7.51. The first-order valence-corrected chi connectivity index (χ1v) is 13.7. The van der Waals surface area contributed by atoms with Crippen LogP contribution in [0.5, 0.6) is 0 Å². The molecule has 0 saturated carbocycles. The van der Waals surface area contributed by atoms with Gasteiger partial charge in [0.25, 0.3) is 5.91 Å². The van der Waals surface area contributed by atoms with E-state index in [0.29, 0.717) is 18.5 Å². The van der Waals surface area contributed by atoms with Crippen LogP contribution in [0.3, 0.4) is 0 Å². The van der Waals surface area contributed by atoms with Crippen LogP contribution in [0.1, 0.15) is 37.9 Å². The Labute approximate surface area is 242 Å². The molecule has 10 nitrogen and oxygen atoms in total. The normalized spacial score (nSPS) is 20.0. The zero-order valence-electron chi connectivity index (χ0n) is 23.6. The topological polar surface area (TPSA) is 129 Å². The standard InChI is InChI=1S/C29H35F3N6O4/c1-27(2,33)24(40)35-22(13-8-11-20-9-4-3-5-10-20)23(39)36-15-16-38-26(42)37(19-29(30,31)32)25(41)28(38,18-36)17-21-12-6-7-14-34-21/h3-7,9-10,12,14,22H,8,11,13,15-19,33H2,1-2H3,(H,35,40)/t22-,28?/m1/s1. The highest BCUT2D eigenvalue weighted by Gasteiger charge is 2.61. The van der Waals surface area contributed by atoms with Crippen molar-refractivity contribution in [1.82, 2.24) is 25.0 Å². The van der Waals surface area contributed by atoms with Crippen molar-refractivity contribution in [2.45, 2.75) is 62.8 Å². The second-order valence-electron chi connectivity index (χ2n) is 11.4. The van der Waals surface area contributed by atoms with E-state index in [1.165, 1.54) is 24.9 Å². The summed E-state index contributed by atoms with van der Waals surface area (Å²) in [7, 11) is 0. The lowest BCUT2D eigenvalue weighted by Crippen LogP contribution is -2.67. The van der Waals surface area contributed by atoms with E-state index in [0.717, 1.165) is 10.5 Å². The molecule has 3 heterocycles. The van der Waals surface area contributed by atoms with Crippen molar-refractivity contribution in [3.05, 3.63) is 66.0 Å². The molecule has 0 bridgehead atoms. The molecular weight excluding hydrogens is 553 g/mol. The van der Waals surface area contributed by atoms with Crippen LogP contribution in [0.4, 0.5) is 18.0 Å². The van der Waals surface area contributed by atoms with E-state index in [9.17, 15) is 32.3 Å². The number of aryl methyl sites for hydroxylation is 1. The average molecular weight is 589 g/mol. The number of carbonyl (C=O) groups excluding carboxylic acids is 4. The van der Waals surface area contributed by atoms with Crippen LogP contribution in [0.2, 0.25) is 0 Å². The summed E-state index contributed by atoms with van der Waals surface area (Å²) in [5.41, 5.74) is 4.35. The minimum atomic E-state index is -4.80. The van der Waals surface area contributed by atoms with E-state index in [1.807, 2.05) is 30.3 Å². The summed E-state index contributed by atoms with van der Waals surface area (Å²) < 4.78 is 40.1. The molecule has 4 rings (SSSR count). The smallest absolute Gasteiger partial charge is 0.343 e. The van der Waals surface area contributed by atoms with Crippen LogP contribution < -0.4 is 11.1 Å². The van der Waals surface area contributed by atoms with Gasteiger partial charge in [0.1, 0.15) is 18.1 Å². The van der Waals surface area contributed by atoms with Gasteiger partial charge >= 0.3 is 12.2 Å². The predicted molar refractivity (Wildman–Crippen MR) is 147 cm³/mol. The van der Waals surface area contributed by atoms with E-state index < -0.39 is 53.6 Å². The number of carbonyl (C=O) groups is 4. The molecule has 42 heavy (non-hydrogen) atoms. The molecule has 0 spiro atoms. The Kier molecular flexibility index (Phi) is 8.90. The maximum Gasteiger partial charge on any atom is 0.406 e. The Bertz CT molecular complexity index is 1300. The zero-order chi connectivity index (χ0) is 30.7. The fourth-order valence-electron chi connectivity index (χ4n) is 5.37. The summed E-state index contributed by atoms with van der Waals surface area (Å²) in [4.78, 5) is 60.4. The van der Waals surface area contributed by atoms with E-state index >= 15 is 0 Å². The molecule has 0 radical (unpaired) electrons. The SMILES string of the molecule is CC(C)(N)C(=O)N[C@H](CCCc1ccccc1)C(=O)N1CCN2C(=O)N(CC(F)(F)F)C(=O)C2(Cc2ccccn2)C1. The minimum Gasteiger partial charge on any atom is -0.343 e. The predicted octanol–water partition coefficient (Wildman–Crippen LogP) is 2.28.